The number of hydrogen-bond donors (Lipinski definition) is 0. The van der Waals surface area contributed by atoms with E-state index in [1.807, 2.05) is 6.92 Å². The van der Waals surface area contributed by atoms with E-state index in [-0.39, 0.29) is 5.56 Å². The van der Waals surface area contributed by atoms with Gasteiger partial charge in [0.05, 0.1) is 5.56 Å². The van der Waals surface area contributed by atoms with Gasteiger partial charge in [0, 0.05) is 5.56 Å². The van der Waals surface area contributed by atoms with Gasteiger partial charge in [0.1, 0.15) is 34.6 Å². The highest BCUT2D eigenvalue weighted by Crippen LogP contribution is 2.37. The van der Waals surface area contributed by atoms with E-state index < -0.39 is 57.5 Å². The zero-order valence-electron chi connectivity index (χ0n) is 15.5. The van der Waals surface area contributed by atoms with Crippen molar-refractivity contribution in [2.75, 3.05) is 0 Å². The van der Waals surface area contributed by atoms with Crippen LogP contribution in [0.4, 0.5) is 35.1 Å². The third kappa shape index (κ3) is 4.17. The Morgan fingerprint density at radius 2 is 1.20 bits per heavy atom. The summed E-state index contributed by atoms with van der Waals surface area (Å²) < 4.78 is 109. The van der Waals surface area contributed by atoms with Gasteiger partial charge >= 0.3 is 6.18 Å². The first-order chi connectivity index (χ1) is 14.0. The zero-order valence-corrected chi connectivity index (χ0v) is 15.5. The normalized spacial score (nSPS) is 11.8. The van der Waals surface area contributed by atoms with Crippen molar-refractivity contribution in [1.29, 1.82) is 0 Å². The molecule has 3 aromatic rings. The molecule has 3 aromatic carbocycles. The van der Waals surface area contributed by atoms with Crippen molar-refractivity contribution in [3.05, 3.63) is 82.7 Å². The van der Waals surface area contributed by atoms with Gasteiger partial charge in [-0.25, -0.2) is 22.0 Å². The van der Waals surface area contributed by atoms with Crippen molar-refractivity contribution in [2.45, 2.75) is 25.9 Å². The molecule has 0 spiro atoms. The van der Waals surface area contributed by atoms with Crippen LogP contribution in [0, 0.1) is 29.1 Å². The Kier molecular flexibility index (Phi) is 5.87. The molecule has 0 amide bonds. The second-order valence-electron chi connectivity index (χ2n) is 6.69. The van der Waals surface area contributed by atoms with Gasteiger partial charge in [-0.2, -0.15) is 13.2 Å². The van der Waals surface area contributed by atoms with E-state index in [4.69, 9.17) is 0 Å². The molecule has 0 heterocycles. The Bertz CT molecular complexity index is 1050. The van der Waals surface area contributed by atoms with Crippen molar-refractivity contribution in [2.24, 2.45) is 0 Å². The standard InChI is InChI=1S/C22H14F8/c1-2-3-11-6-16(24)20(17(25)7-11)12-4-5-14(15(23)8-12)13-9-18(26)21(19(27)10-13)22(28,29)30/h4-10H,2-3H2,1H3. The van der Waals surface area contributed by atoms with E-state index in [0.29, 0.717) is 30.5 Å². The lowest BCUT2D eigenvalue weighted by Crippen LogP contribution is -2.11. The molecule has 0 N–H and O–H groups in total. The molecule has 0 atom stereocenters. The summed E-state index contributed by atoms with van der Waals surface area (Å²) in [6, 6.07) is 5.83. The maximum absolute atomic E-state index is 14.6. The Hall–Kier alpha value is -2.90. The molecule has 8 heteroatoms. The lowest BCUT2D eigenvalue weighted by atomic mass is 9.96. The minimum absolute atomic E-state index is 0.165. The van der Waals surface area contributed by atoms with E-state index in [1.54, 1.807) is 0 Å². The maximum Gasteiger partial charge on any atom is 0.422 e. The summed E-state index contributed by atoms with van der Waals surface area (Å²) in [4.78, 5) is 0. The Morgan fingerprint density at radius 1 is 0.667 bits per heavy atom. The van der Waals surface area contributed by atoms with Crippen LogP contribution in [-0.2, 0) is 12.6 Å². The van der Waals surface area contributed by atoms with E-state index in [2.05, 4.69) is 0 Å². The first-order valence-electron chi connectivity index (χ1n) is 8.87. The smallest absolute Gasteiger partial charge is 0.206 e. The second kappa shape index (κ2) is 8.08. The predicted molar refractivity (Wildman–Crippen MR) is 96.1 cm³/mol. The molecule has 30 heavy (non-hydrogen) atoms. The van der Waals surface area contributed by atoms with Gasteiger partial charge in [-0.15, -0.1) is 0 Å². The van der Waals surface area contributed by atoms with E-state index >= 15 is 0 Å². The maximum atomic E-state index is 14.6. The van der Waals surface area contributed by atoms with Crippen LogP contribution in [0.25, 0.3) is 22.3 Å². The monoisotopic (exact) mass is 430 g/mol. The quantitative estimate of drug-likeness (QED) is 0.372. The topological polar surface area (TPSA) is 0 Å². The lowest BCUT2D eigenvalue weighted by molar-refractivity contribution is -0.142. The highest BCUT2D eigenvalue weighted by atomic mass is 19.4. The van der Waals surface area contributed by atoms with Crippen LogP contribution in [0.1, 0.15) is 24.5 Å². The van der Waals surface area contributed by atoms with Crippen molar-refractivity contribution in [1.82, 2.24) is 0 Å². The van der Waals surface area contributed by atoms with Crippen molar-refractivity contribution in [3.8, 4) is 22.3 Å². The summed E-state index contributed by atoms with van der Waals surface area (Å²) in [6.07, 6.45) is -4.14. The molecule has 3 rings (SSSR count). The average Bonchev–Trinajstić information content (AvgIpc) is 2.59. The summed E-state index contributed by atoms with van der Waals surface area (Å²) in [5, 5.41) is 0. The molecule has 0 unspecified atom stereocenters. The Morgan fingerprint density at radius 3 is 1.67 bits per heavy atom. The highest BCUT2D eigenvalue weighted by molar-refractivity contribution is 5.72. The van der Waals surface area contributed by atoms with E-state index in [0.717, 1.165) is 30.3 Å². The first-order valence-corrected chi connectivity index (χ1v) is 8.87. The number of alkyl halides is 3. The molecule has 0 aromatic heterocycles. The lowest BCUT2D eigenvalue weighted by Gasteiger charge is -2.13. The molecule has 0 bridgehead atoms. The molecule has 0 aliphatic heterocycles. The minimum Gasteiger partial charge on any atom is -0.206 e. The largest absolute Gasteiger partial charge is 0.422 e. The fourth-order valence-electron chi connectivity index (χ4n) is 3.24. The fourth-order valence-corrected chi connectivity index (χ4v) is 3.24. The summed E-state index contributed by atoms with van der Waals surface area (Å²) in [5.41, 5.74) is -3.20. The summed E-state index contributed by atoms with van der Waals surface area (Å²) in [7, 11) is 0. The number of hydrogen-bond acceptors (Lipinski definition) is 0. The van der Waals surface area contributed by atoms with Gasteiger partial charge in [0.15, 0.2) is 0 Å². The summed E-state index contributed by atoms with van der Waals surface area (Å²) >= 11 is 0. The van der Waals surface area contributed by atoms with Crippen molar-refractivity contribution in [3.63, 3.8) is 0 Å². The molecular weight excluding hydrogens is 416 g/mol. The van der Waals surface area contributed by atoms with Crippen LogP contribution in [0.5, 0.6) is 0 Å². The van der Waals surface area contributed by atoms with Gasteiger partial charge in [-0.1, -0.05) is 25.5 Å². The minimum atomic E-state index is -5.26. The molecule has 0 fully saturated rings. The number of benzene rings is 3. The number of halogens is 8. The summed E-state index contributed by atoms with van der Waals surface area (Å²) in [6.45, 7) is 1.84. The fraction of sp³-hybridized carbons (Fsp3) is 0.182. The van der Waals surface area contributed by atoms with Crippen LogP contribution >= 0.6 is 0 Å². The molecule has 158 valence electrons. The molecule has 0 saturated carbocycles. The molecular formula is C22H14F8. The number of rotatable bonds is 4. The predicted octanol–water partition coefficient (Wildman–Crippen LogP) is 7.69. The van der Waals surface area contributed by atoms with Crippen molar-refractivity contribution >= 4 is 0 Å². The van der Waals surface area contributed by atoms with Gasteiger partial charge in [0.25, 0.3) is 0 Å². The molecule has 0 aliphatic rings. The van der Waals surface area contributed by atoms with Gasteiger partial charge in [0.2, 0.25) is 0 Å². The van der Waals surface area contributed by atoms with Gasteiger partial charge in [-0.05, 0) is 53.4 Å². The SMILES string of the molecule is CCCc1cc(F)c(-c2ccc(-c3cc(F)c(C(F)(F)F)c(F)c3)c(F)c2)c(F)c1. The van der Waals surface area contributed by atoms with Crippen LogP contribution < -0.4 is 0 Å². The molecule has 0 saturated heterocycles. The Balaban J connectivity index is 2.06. The van der Waals surface area contributed by atoms with Gasteiger partial charge in [-0.3, -0.25) is 0 Å². The van der Waals surface area contributed by atoms with Gasteiger partial charge < -0.3 is 0 Å². The number of aryl methyl sites for hydroxylation is 1. The summed E-state index contributed by atoms with van der Waals surface area (Å²) in [5.74, 6) is -6.72. The van der Waals surface area contributed by atoms with Crippen molar-refractivity contribution < 1.29 is 35.1 Å². The third-order valence-corrected chi connectivity index (χ3v) is 4.53. The third-order valence-electron chi connectivity index (χ3n) is 4.53. The zero-order chi connectivity index (χ0) is 22.2. The van der Waals surface area contributed by atoms with Crippen LogP contribution in [-0.4, -0.2) is 0 Å². The molecule has 0 aliphatic carbocycles. The average molecular weight is 430 g/mol. The molecule has 0 nitrogen and oxygen atoms in total. The van der Waals surface area contributed by atoms with E-state index in [9.17, 15) is 35.1 Å². The Labute approximate surface area is 166 Å². The second-order valence-corrected chi connectivity index (χ2v) is 6.69. The van der Waals surface area contributed by atoms with Crippen LogP contribution in [0.15, 0.2) is 42.5 Å². The van der Waals surface area contributed by atoms with E-state index in [1.165, 1.54) is 0 Å². The molecule has 0 radical (unpaired) electrons. The first kappa shape index (κ1) is 21.8. The van der Waals surface area contributed by atoms with Crippen LogP contribution in [0.3, 0.4) is 0 Å². The van der Waals surface area contributed by atoms with Crippen LogP contribution in [0.2, 0.25) is 0 Å². The highest BCUT2D eigenvalue weighted by Gasteiger charge is 2.38.